The van der Waals surface area contributed by atoms with E-state index in [0.717, 1.165) is 29.4 Å². The van der Waals surface area contributed by atoms with Crippen molar-refractivity contribution in [2.75, 3.05) is 13.6 Å². The SMILES string of the molecule is CN[C@H]1CCN(Cc2ccc3ccc(Cl)nc3c2)C1=O. The summed E-state index contributed by atoms with van der Waals surface area (Å²) in [5, 5.41) is 4.59. The number of benzene rings is 1. The van der Waals surface area contributed by atoms with Crippen LogP contribution in [0.4, 0.5) is 0 Å². The van der Waals surface area contributed by atoms with Crippen LogP contribution in [0.1, 0.15) is 12.0 Å². The first-order valence-corrected chi connectivity index (χ1v) is 7.06. The summed E-state index contributed by atoms with van der Waals surface area (Å²) in [6.07, 6.45) is 0.868. The third-order valence-electron chi connectivity index (χ3n) is 3.74. The highest BCUT2D eigenvalue weighted by molar-refractivity contribution is 6.29. The average Bonchev–Trinajstić information content (AvgIpc) is 2.79. The summed E-state index contributed by atoms with van der Waals surface area (Å²) in [5.41, 5.74) is 1.95. The Kier molecular flexibility index (Phi) is 3.59. The second kappa shape index (κ2) is 5.38. The van der Waals surface area contributed by atoms with Crippen LogP contribution in [0.5, 0.6) is 0 Å². The zero-order chi connectivity index (χ0) is 14.1. The van der Waals surface area contributed by atoms with Crippen LogP contribution >= 0.6 is 11.6 Å². The van der Waals surface area contributed by atoms with Gasteiger partial charge in [0.2, 0.25) is 5.91 Å². The molecule has 20 heavy (non-hydrogen) atoms. The largest absolute Gasteiger partial charge is 0.337 e. The molecule has 5 heteroatoms. The van der Waals surface area contributed by atoms with E-state index in [0.29, 0.717) is 11.7 Å². The molecule has 104 valence electrons. The Bertz CT molecular complexity index is 659. The first-order valence-electron chi connectivity index (χ1n) is 6.68. The van der Waals surface area contributed by atoms with Crippen LogP contribution in [0.15, 0.2) is 30.3 Å². The average molecular weight is 290 g/mol. The van der Waals surface area contributed by atoms with Crippen molar-refractivity contribution in [2.24, 2.45) is 0 Å². The third kappa shape index (κ3) is 2.49. The maximum atomic E-state index is 12.1. The van der Waals surface area contributed by atoms with Crippen molar-refractivity contribution in [3.63, 3.8) is 0 Å². The smallest absolute Gasteiger partial charge is 0.240 e. The highest BCUT2D eigenvalue weighted by Gasteiger charge is 2.29. The maximum absolute atomic E-state index is 12.1. The van der Waals surface area contributed by atoms with Gasteiger partial charge in [0.1, 0.15) is 5.15 Å². The molecule has 1 N–H and O–H groups in total. The molecule has 1 saturated heterocycles. The van der Waals surface area contributed by atoms with E-state index < -0.39 is 0 Å². The third-order valence-corrected chi connectivity index (χ3v) is 3.95. The molecule has 1 atom stereocenters. The highest BCUT2D eigenvalue weighted by Crippen LogP contribution is 2.20. The number of aromatic nitrogens is 1. The number of likely N-dealkylation sites (N-methyl/N-ethyl adjacent to an activating group) is 1. The maximum Gasteiger partial charge on any atom is 0.240 e. The van der Waals surface area contributed by atoms with E-state index >= 15 is 0 Å². The topological polar surface area (TPSA) is 45.2 Å². The number of hydrogen-bond acceptors (Lipinski definition) is 3. The van der Waals surface area contributed by atoms with Crippen LogP contribution in [0.3, 0.4) is 0 Å². The van der Waals surface area contributed by atoms with Gasteiger partial charge in [-0.15, -0.1) is 0 Å². The number of hydrogen-bond donors (Lipinski definition) is 1. The first kappa shape index (κ1) is 13.3. The molecule has 1 aromatic carbocycles. The molecule has 1 fully saturated rings. The summed E-state index contributed by atoms with van der Waals surface area (Å²) in [5.74, 6) is 0.173. The summed E-state index contributed by atoms with van der Waals surface area (Å²) >= 11 is 5.92. The molecule has 2 heterocycles. The van der Waals surface area contributed by atoms with Gasteiger partial charge in [-0.3, -0.25) is 4.79 Å². The molecule has 2 aromatic rings. The van der Waals surface area contributed by atoms with Crippen molar-refractivity contribution < 1.29 is 4.79 Å². The fourth-order valence-electron chi connectivity index (χ4n) is 2.62. The van der Waals surface area contributed by atoms with Crippen molar-refractivity contribution in [1.29, 1.82) is 0 Å². The van der Waals surface area contributed by atoms with Crippen LogP contribution < -0.4 is 5.32 Å². The number of halogens is 1. The number of rotatable bonds is 3. The van der Waals surface area contributed by atoms with Crippen molar-refractivity contribution in [3.05, 3.63) is 41.0 Å². The van der Waals surface area contributed by atoms with E-state index in [1.165, 1.54) is 0 Å². The normalized spacial score (nSPS) is 19.0. The molecule has 0 spiro atoms. The lowest BCUT2D eigenvalue weighted by Gasteiger charge is -2.17. The van der Waals surface area contributed by atoms with Gasteiger partial charge in [-0.1, -0.05) is 23.7 Å². The number of nitrogens with zero attached hydrogens (tertiary/aromatic N) is 2. The number of fused-ring (bicyclic) bond motifs is 1. The fourth-order valence-corrected chi connectivity index (χ4v) is 2.77. The number of carbonyl (C=O) groups excluding carboxylic acids is 1. The zero-order valence-electron chi connectivity index (χ0n) is 11.3. The molecule has 0 saturated carbocycles. The summed E-state index contributed by atoms with van der Waals surface area (Å²) in [4.78, 5) is 18.3. The Morgan fingerprint density at radius 2 is 2.20 bits per heavy atom. The molecule has 3 rings (SSSR count). The van der Waals surface area contributed by atoms with Crippen LogP contribution in [0.2, 0.25) is 5.15 Å². The van der Waals surface area contributed by atoms with E-state index in [1.54, 1.807) is 6.07 Å². The predicted octanol–water partition coefficient (Wildman–Crippen LogP) is 2.21. The van der Waals surface area contributed by atoms with E-state index in [9.17, 15) is 4.79 Å². The summed E-state index contributed by atoms with van der Waals surface area (Å²) < 4.78 is 0. The van der Waals surface area contributed by atoms with Gasteiger partial charge in [-0.2, -0.15) is 0 Å². The Hall–Kier alpha value is -1.65. The fraction of sp³-hybridized carbons (Fsp3) is 0.333. The lowest BCUT2D eigenvalue weighted by molar-refractivity contribution is -0.129. The summed E-state index contributed by atoms with van der Waals surface area (Å²) in [6, 6.07) is 9.75. The molecular formula is C15H16ClN3O. The lowest BCUT2D eigenvalue weighted by atomic mass is 10.1. The Morgan fingerprint density at radius 3 is 2.95 bits per heavy atom. The van der Waals surface area contributed by atoms with Crippen molar-refractivity contribution in [3.8, 4) is 0 Å². The molecule has 1 aliphatic rings. The van der Waals surface area contributed by atoms with Gasteiger partial charge >= 0.3 is 0 Å². The van der Waals surface area contributed by atoms with Gasteiger partial charge in [0, 0.05) is 18.5 Å². The summed E-state index contributed by atoms with van der Waals surface area (Å²) in [6.45, 7) is 1.42. The van der Waals surface area contributed by atoms with Crippen LogP contribution in [0, 0.1) is 0 Å². The Morgan fingerprint density at radius 1 is 1.40 bits per heavy atom. The number of carbonyl (C=O) groups is 1. The Balaban J connectivity index is 1.83. The summed E-state index contributed by atoms with van der Waals surface area (Å²) in [7, 11) is 1.83. The van der Waals surface area contributed by atoms with E-state index in [2.05, 4.69) is 10.3 Å². The van der Waals surface area contributed by atoms with Crippen molar-refractivity contribution in [2.45, 2.75) is 19.0 Å². The highest BCUT2D eigenvalue weighted by atomic mass is 35.5. The number of likely N-dealkylation sites (tertiary alicyclic amines) is 1. The minimum absolute atomic E-state index is 0.0389. The first-order chi connectivity index (χ1) is 9.67. The quantitative estimate of drug-likeness (QED) is 0.881. The predicted molar refractivity (Wildman–Crippen MR) is 79.6 cm³/mol. The molecule has 4 nitrogen and oxygen atoms in total. The van der Waals surface area contributed by atoms with Crippen LogP contribution in [-0.2, 0) is 11.3 Å². The molecule has 0 bridgehead atoms. The standard InChI is InChI=1S/C15H16ClN3O/c1-17-12-6-7-19(15(12)20)9-10-2-3-11-4-5-14(16)18-13(11)8-10/h2-5,8,12,17H,6-7,9H2,1H3/t12-/m0/s1. The number of pyridine rings is 1. The second-order valence-electron chi connectivity index (χ2n) is 5.05. The van der Waals surface area contributed by atoms with Crippen LogP contribution in [-0.4, -0.2) is 35.4 Å². The van der Waals surface area contributed by atoms with Gasteiger partial charge in [0.15, 0.2) is 0 Å². The lowest BCUT2D eigenvalue weighted by Crippen LogP contribution is -2.35. The number of nitrogens with one attached hydrogen (secondary N) is 1. The van der Waals surface area contributed by atoms with Gasteiger partial charge in [0.25, 0.3) is 0 Å². The van der Waals surface area contributed by atoms with Gasteiger partial charge in [-0.05, 0) is 37.2 Å². The zero-order valence-corrected chi connectivity index (χ0v) is 12.0. The second-order valence-corrected chi connectivity index (χ2v) is 5.44. The van der Waals surface area contributed by atoms with E-state index in [1.807, 2.05) is 36.2 Å². The Labute approximate surface area is 122 Å². The van der Waals surface area contributed by atoms with Gasteiger partial charge in [0.05, 0.1) is 11.6 Å². The number of amides is 1. The molecule has 0 radical (unpaired) electrons. The molecule has 0 aliphatic carbocycles. The van der Waals surface area contributed by atoms with Gasteiger partial charge in [-0.25, -0.2) is 4.98 Å². The van der Waals surface area contributed by atoms with E-state index in [-0.39, 0.29) is 11.9 Å². The van der Waals surface area contributed by atoms with Crippen molar-refractivity contribution in [1.82, 2.24) is 15.2 Å². The molecule has 1 aliphatic heterocycles. The molecular weight excluding hydrogens is 274 g/mol. The van der Waals surface area contributed by atoms with Crippen LogP contribution in [0.25, 0.3) is 10.9 Å². The van der Waals surface area contributed by atoms with E-state index in [4.69, 9.17) is 11.6 Å². The monoisotopic (exact) mass is 289 g/mol. The minimum Gasteiger partial charge on any atom is -0.337 e. The van der Waals surface area contributed by atoms with Crippen molar-refractivity contribution >= 4 is 28.4 Å². The van der Waals surface area contributed by atoms with Gasteiger partial charge < -0.3 is 10.2 Å². The minimum atomic E-state index is -0.0389. The molecule has 1 aromatic heterocycles. The molecule has 0 unspecified atom stereocenters. The molecule has 1 amide bonds.